The lowest BCUT2D eigenvalue weighted by Crippen LogP contribution is -2.38. The van der Waals surface area contributed by atoms with Gasteiger partial charge in [-0.05, 0) is 39.5 Å². The molecule has 3 N–H and O–H groups in total. The largest absolute Gasteiger partial charge is 0.382 e. The minimum atomic E-state index is -0.0985. The molecule has 1 saturated heterocycles. The SMILES string of the molecule is CC(C)C1CCCN1C(=O)c1sc(NC(C)(C)C)nc1N. The molecule has 1 amide bonds. The van der Waals surface area contributed by atoms with E-state index in [1.54, 1.807) is 0 Å². The first-order valence-electron chi connectivity index (χ1n) is 7.54. The number of likely N-dealkylation sites (tertiary alicyclic amines) is 1. The molecule has 0 radical (unpaired) electrons. The minimum absolute atomic E-state index is 0.0307. The van der Waals surface area contributed by atoms with Crippen molar-refractivity contribution in [2.75, 3.05) is 17.6 Å². The average Bonchev–Trinajstić information content (AvgIpc) is 2.92. The Labute approximate surface area is 130 Å². The van der Waals surface area contributed by atoms with E-state index < -0.39 is 0 Å². The molecule has 6 heteroatoms. The Morgan fingerprint density at radius 1 is 1.48 bits per heavy atom. The van der Waals surface area contributed by atoms with E-state index in [9.17, 15) is 4.79 Å². The van der Waals surface area contributed by atoms with Crippen LogP contribution in [0.1, 0.15) is 57.1 Å². The Morgan fingerprint density at radius 3 is 2.71 bits per heavy atom. The molecule has 1 aromatic rings. The second kappa shape index (κ2) is 5.83. The monoisotopic (exact) mass is 310 g/mol. The highest BCUT2D eigenvalue weighted by molar-refractivity contribution is 7.18. The average molecular weight is 310 g/mol. The van der Waals surface area contributed by atoms with E-state index in [2.05, 4.69) is 44.9 Å². The van der Waals surface area contributed by atoms with Crippen molar-refractivity contribution in [3.63, 3.8) is 0 Å². The van der Waals surface area contributed by atoms with Gasteiger partial charge in [0.2, 0.25) is 0 Å². The van der Waals surface area contributed by atoms with Crippen molar-refractivity contribution >= 4 is 28.2 Å². The second-order valence-electron chi connectivity index (χ2n) is 7.06. The molecule has 1 atom stereocenters. The van der Waals surface area contributed by atoms with Gasteiger partial charge in [0.15, 0.2) is 5.13 Å². The molecule has 5 nitrogen and oxygen atoms in total. The summed E-state index contributed by atoms with van der Waals surface area (Å²) in [6.45, 7) is 11.3. The van der Waals surface area contributed by atoms with Gasteiger partial charge >= 0.3 is 0 Å². The molecule has 1 unspecified atom stereocenters. The number of amides is 1. The van der Waals surface area contributed by atoms with Gasteiger partial charge < -0.3 is 16.0 Å². The minimum Gasteiger partial charge on any atom is -0.382 e. The van der Waals surface area contributed by atoms with Gasteiger partial charge in [-0.2, -0.15) is 0 Å². The quantitative estimate of drug-likeness (QED) is 0.899. The van der Waals surface area contributed by atoms with Crippen LogP contribution in [0.4, 0.5) is 10.9 Å². The number of rotatable bonds is 3. The molecule has 0 saturated carbocycles. The smallest absolute Gasteiger partial charge is 0.268 e. The highest BCUT2D eigenvalue weighted by atomic mass is 32.1. The topological polar surface area (TPSA) is 71.2 Å². The third kappa shape index (κ3) is 3.67. The Hall–Kier alpha value is -1.30. The fourth-order valence-corrected chi connectivity index (χ4v) is 3.78. The Balaban J connectivity index is 2.20. The number of nitrogen functional groups attached to an aromatic ring is 1. The first-order chi connectivity index (χ1) is 9.69. The lowest BCUT2D eigenvalue weighted by Gasteiger charge is -2.27. The van der Waals surface area contributed by atoms with Gasteiger partial charge in [-0.3, -0.25) is 4.79 Å². The maximum absolute atomic E-state index is 12.8. The molecule has 0 aliphatic carbocycles. The fourth-order valence-electron chi connectivity index (χ4n) is 2.73. The van der Waals surface area contributed by atoms with Crippen molar-refractivity contribution in [2.24, 2.45) is 5.92 Å². The molecule has 118 valence electrons. The van der Waals surface area contributed by atoms with Gasteiger partial charge in [0.1, 0.15) is 10.7 Å². The summed E-state index contributed by atoms with van der Waals surface area (Å²) in [6, 6.07) is 0.318. The molecular formula is C15H26N4OS. The van der Waals surface area contributed by atoms with E-state index in [1.165, 1.54) is 11.3 Å². The van der Waals surface area contributed by atoms with Crippen molar-refractivity contribution in [3.05, 3.63) is 4.88 Å². The van der Waals surface area contributed by atoms with Gasteiger partial charge in [-0.1, -0.05) is 25.2 Å². The number of hydrogen-bond acceptors (Lipinski definition) is 5. The van der Waals surface area contributed by atoms with Crippen LogP contribution in [0.25, 0.3) is 0 Å². The maximum atomic E-state index is 12.8. The van der Waals surface area contributed by atoms with E-state index in [1.807, 2.05) is 4.90 Å². The van der Waals surface area contributed by atoms with Crippen LogP contribution in [0, 0.1) is 5.92 Å². The number of nitrogens with zero attached hydrogens (tertiary/aromatic N) is 2. The summed E-state index contributed by atoms with van der Waals surface area (Å²) in [7, 11) is 0. The van der Waals surface area contributed by atoms with Gasteiger partial charge in [-0.15, -0.1) is 0 Å². The second-order valence-corrected chi connectivity index (χ2v) is 8.06. The summed E-state index contributed by atoms with van der Waals surface area (Å²) in [5.74, 6) is 0.840. The summed E-state index contributed by atoms with van der Waals surface area (Å²) in [5, 5.41) is 3.99. The Morgan fingerprint density at radius 2 is 2.14 bits per heavy atom. The molecular weight excluding hydrogens is 284 g/mol. The number of carbonyl (C=O) groups excluding carboxylic acids is 1. The number of nitrogens with one attached hydrogen (secondary N) is 1. The zero-order chi connectivity index (χ0) is 15.8. The number of carbonyl (C=O) groups is 1. The number of nitrogens with two attached hydrogens (primary N) is 1. The first-order valence-corrected chi connectivity index (χ1v) is 8.36. The third-order valence-electron chi connectivity index (χ3n) is 3.66. The summed E-state index contributed by atoms with van der Waals surface area (Å²) < 4.78 is 0. The zero-order valence-corrected chi connectivity index (χ0v) is 14.4. The number of aromatic nitrogens is 1. The van der Waals surface area contributed by atoms with Crippen LogP contribution < -0.4 is 11.1 Å². The lowest BCUT2D eigenvalue weighted by molar-refractivity contribution is 0.0707. The van der Waals surface area contributed by atoms with E-state index >= 15 is 0 Å². The van der Waals surface area contributed by atoms with Crippen molar-refractivity contribution in [3.8, 4) is 0 Å². The van der Waals surface area contributed by atoms with E-state index in [0.717, 1.165) is 19.4 Å². The predicted molar refractivity (Wildman–Crippen MR) is 88.8 cm³/mol. The van der Waals surface area contributed by atoms with Gasteiger partial charge in [0.25, 0.3) is 5.91 Å². The molecule has 21 heavy (non-hydrogen) atoms. The molecule has 1 aromatic heterocycles. The fraction of sp³-hybridized carbons (Fsp3) is 0.733. The van der Waals surface area contributed by atoms with E-state index in [4.69, 9.17) is 5.73 Å². The molecule has 2 heterocycles. The molecule has 0 aromatic carbocycles. The standard InChI is InChI=1S/C15H26N4OS/c1-9(2)10-7-6-8-19(10)13(20)11-12(16)17-14(21-11)18-15(3,4)5/h9-10H,6-8,16H2,1-5H3,(H,17,18). The molecule has 1 fully saturated rings. The molecule has 0 bridgehead atoms. The molecule has 2 rings (SSSR count). The molecule has 0 spiro atoms. The third-order valence-corrected chi connectivity index (χ3v) is 4.63. The van der Waals surface area contributed by atoms with Crippen LogP contribution in [-0.4, -0.2) is 33.9 Å². The number of anilines is 2. The highest BCUT2D eigenvalue weighted by Gasteiger charge is 2.33. The summed E-state index contributed by atoms with van der Waals surface area (Å²) >= 11 is 1.36. The maximum Gasteiger partial charge on any atom is 0.268 e. The van der Waals surface area contributed by atoms with Gasteiger partial charge in [0.05, 0.1) is 0 Å². The van der Waals surface area contributed by atoms with Crippen LogP contribution in [0.3, 0.4) is 0 Å². The number of hydrogen-bond donors (Lipinski definition) is 2. The number of thiazole rings is 1. The van der Waals surface area contributed by atoms with Crippen LogP contribution in [-0.2, 0) is 0 Å². The summed E-state index contributed by atoms with van der Waals surface area (Å²) in [4.78, 5) is 19.6. The highest BCUT2D eigenvalue weighted by Crippen LogP contribution is 2.32. The van der Waals surface area contributed by atoms with Crippen molar-refractivity contribution in [2.45, 2.75) is 59.0 Å². The molecule has 1 aliphatic heterocycles. The van der Waals surface area contributed by atoms with Crippen molar-refractivity contribution < 1.29 is 4.79 Å². The summed E-state index contributed by atoms with van der Waals surface area (Å²) in [6.07, 6.45) is 2.15. The van der Waals surface area contributed by atoms with Crippen LogP contribution in [0.15, 0.2) is 0 Å². The predicted octanol–water partition coefficient (Wildman–Crippen LogP) is 3.20. The van der Waals surface area contributed by atoms with E-state index in [-0.39, 0.29) is 11.4 Å². The van der Waals surface area contributed by atoms with Gasteiger partial charge in [-0.25, -0.2) is 4.98 Å². The van der Waals surface area contributed by atoms with Crippen LogP contribution in [0.2, 0.25) is 0 Å². The Bertz CT molecular complexity index is 518. The van der Waals surface area contributed by atoms with Crippen LogP contribution in [0.5, 0.6) is 0 Å². The lowest BCUT2D eigenvalue weighted by atomic mass is 10.0. The molecule has 1 aliphatic rings. The zero-order valence-electron chi connectivity index (χ0n) is 13.6. The van der Waals surface area contributed by atoms with Crippen molar-refractivity contribution in [1.29, 1.82) is 0 Å². The summed E-state index contributed by atoms with van der Waals surface area (Å²) in [5.41, 5.74) is 5.86. The Kier molecular flexibility index (Phi) is 4.46. The first kappa shape index (κ1) is 16.1. The van der Waals surface area contributed by atoms with E-state index in [0.29, 0.717) is 27.8 Å². The van der Waals surface area contributed by atoms with Crippen LogP contribution >= 0.6 is 11.3 Å². The normalized spacial score (nSPS) is 19.3. The van der Waals surface area contributed by atoms with Gasteiger partial charge in [0, 0.05) is 18.1 Å². The van der Waals surface area contributed by atoms with Crippen molar-refractivity contribution in [1.82, 2.24) is 9.88 Å².